The van der Waals surface area contributed by atoms with Crippen molar-refractivity contribution < 1.29 is 8.78 Å². The van der Waals surface area contributed by atoms with Gasteiger partial charge in [0.05, 0.1) is 16.6 Å². The van der Waals surface area contributed by atoms with Gasteiger partial charge in [-0.15, -0.1) is 0 Å². The molecule has 1 aromatic heterocycles. The molecule has 1 aliphatic carbocycles. The van der Waals surface area contributed by atoms with Crippen LogP contribution >= 0.6 is 0 Å². The van der Waals surface area contributed by atoms with Crippen molar-refractivity contribution in [1.29, 1.82) is 0 Å². The van der Waals surface area contributed by atoms with E-state index in [9.17, 15) is 14.0 Å². The third kappa shape index (κ3) is 2.13. The van der Waals surface area contributed by atoms with Gasteiger partial charge in [0.1, 0.15) is 5.69 Å². The zero-order valence-corrected chi connectivity index (χ0v) is 13.3. The Bertz CT molecular complexity index is 1010. The molecule has 10 heteroatoms. The van der Waals surface area contributed by atoms with Crippen molar-refractivity contribution in [2.24, 2.45) is 5.73 Å². The van der Waals surface area contributed by atoms with Crippen molar-refractivity contribution in [1.82, 2.24) is 9.24 Å². The molecule has 8 nitrogen and oxygen atoms in total. The summed E-state index contributed by atoms with van der Waals surface area (Å²) in [5.41, 5.74) is 8.65. The summed E-state index contributed by atoms with van der Waals surface area (Å²) in [5, 5.41) is -0.406. The number of fused-ring (bicyclic) bond motifs is 1. The average Bonchev–Trinajstić information content (AvgIpc) is 3.32. The fourth-order valence-corrected chi connectivity index (χ4v) is 3.48. The van der Waals surface area contributed by atoms with Gasteiger partial charge in [-0.2, -0.15) is 4.68 Å². The topological polar surface area (TPSA) is 125 Å². The van der Waals surface area contributed by atoms with Crippen LogP contribution in [0.3, 0.4) is 0 Å². The van der Waals surface area contributed by atoms with Crippen LogP contribution < -0.4 is 33.5 Å². The fraction of sp³-hybridized carbons (Fsp3) is 0.467. The zero-order valence-electron chi connectivity index (χ0n) is 13.3. The summed E-state index contributed by atoms with van der Waals surface area (Å²) in [6, 6.07) is -0.489. The van der Waals surface area contributed by atoms with Crippen molar-refractivity contribution in [2.75, 3.05) is 29.6 Å². The highest BCUT2D eigenvalue weighted by atomic mass is 19.1. The average molecular weight is 352 g/mol. The van der Waals surface area contributed by atoms with Crippen molar-refractivity contribution >= 4 is 22.3 Å². The van der Waals surface area contributed by atoms with E-state index >= 15 is 4.39 Å². The van der Waals surface area contributed by atoms with Crippen molar-refractivity contribution in [2.45, 2.75) is 31.3 Å². The van der Waals surface area contributed by atoms with Crippen LogP contribution in [-0.2, 0) is 0 Å². The van der Waals surface area contributed by atoms with Gasteiger partial charge < -0.3 is 22.2 Å². The molecule has 1 saturated heterocycles. The second kappa shape index (κ2) is 5.19. The highest BCUT2D eigenvalue weighted by Crippen LogP contribution is 2.40. The minimum Gasteiger partial charge on any atom is -0.396 e. The minimum absolute atomic E-state index is 0.210. The SMILES string of the molecule is Nc1c(F)c(N2CCC(N)C2)c(F)c2c1c(=O)n(N)c(=O)n2C1CC1. The molecule has 2 aliphatic rings. The molecule has 25 heavy (non-hydrogen) atoms. The Balaban J connectivity index is 2.14. The molecule has 2 fully saturated rings. The first-order chi connectivity index (χ1) is 11.8. The van der Waals surface area contributed by atoms with E-state index in [4.69, 9.17) is 17.3 Å². The van der Waals surface area contributed by atoms with Crippen molar-refractivity contribution in [3.8, 4) is 0 Å². The highest BCUT2D eigenvalue weighted by molar-refractivity contribution is 5.94. The first-order valence-electron chi connectivity index (χ1n) is 8.06. The summed E-state index contributed by atoms with van der Waals surface area (Å²) < 4.78 is 31.6. The minimum atomic E-state index is -1.03. The number of rotatable bonds is 2. The van der Waals surface area contributed by atoms with Gasteiger partial charge in [-0.05, 0) is 19.3 Å². The van der Waals surface area contributed by atoms with Crippen LogP contribution in [0.2, 0.25) is 0 Å². The lowest BCUT2D eigenvalue weighted by Crippen LogP contribution is -2.45. The Morgan fingerprint density at radius 2 is 1.76 bits per heavy atom. The maximum Gasteiger partial charge on any atom is 0.350 e. The van der Waals surface area contributed by atoms with E-state index < -0.39 is 34.0 Å². The summed E-state index contributed by atoms with van der Waals surface area (Å²) >= 11 is 0. The van der Waals surface area contributed by atoms with Crippen LogP contribution in [0.25, 0.3) is 10.9 Å². The second-order valence-corrected chi connectivity index (χ2v) is 6.67. The highest BCUT2D eigenvalue weighted by Gasteiger charge is 2.34. The molecule has 1 saturated carbocycles. The molecule has 1 unspecified atom stereocenters. The van der Waals surface area contributed by atoms with E-state index in [1.807, 2.05) is 0 Å². The number of hydrogen-bond donors (Lipinski definition) is 3. The van der Waals surface area contributed by atoms with Gasteiger partial charge in [-0.3, -0.25) is 9.36 Å². The molecule has 1 aliphatic heterocycles. The molecule has 0 radical (unpaired) electrons. The zero-order chi connectivity index (χ0) is 18.0. The Kier molecular flexibility index (Phi) is 3.29. The lowest BCUT2D eigenvalue weighted by atomic mass is 10.1. The van der Waals surface area contributed by atoms with Crippen molar-refractivity contribution in [3.63, 3.8) is 0 Å². The van der Waals surface area contributed by atoms with E-state index in [0.717, 1.165) is 4.57 Å². The molecule has 2 aromatic rings. The molecule has 0 amide bonds. The summed E-state index contributed by atoms with van der Waals surface area (Å²) in [5.74, 6) is 3.50. The molecule has 0 bridgehead atoms. The quantitative estimate of drug-likeness (QED) is 0.499. The predicted octanol–water partition coefficient (Wildman–Crippen LogP) is -0.390. The van der Waals surface area contributed by atoms with Crippen LogP contribution in [-0.4, -0.2) is 28.4 Å². The number of aromatic nitrogens is 2. The lowest BCUT2D eigenvalue weighted by Gasteiger charge is -2.23. The summed E-state index contributed by atoms with van der Waals surface area (Å²) in [4.78, 5) is 26.2. The smallest absolute Gasteiger partial charge is 0.350 e. The van der Waals surface area contributed by atoms with Crippen LogP contribution in [0.5, 0.6) is 0 Å². The number of nitrogens with zero attached hydrogens (tertiary/aromatic N) is 3. The van der Waals surface area contributed by atoms with E-state index in [1.165, 1.54) is 4.90 Å². The van der Waals surface area contributed by atoms with Gasteiger partial charge in [-0.25, -0.2) is 13.6 Å². The predicted molar refractivity (Wildman–Crippen MR) is 90.0 cm³/mol. The first kappa shape index (κ1) is 15.9. The number of hydrogen-bond acceptors (Lipinski definition) is 6. The summed E-state index contributed by atoms with van der Waals surface area (Å²) in [6.07, 6.45) is 1.87. The number of benzene rings is 1. The van der Waals surface area contributed by atoms with Crippen LogP contribution in [0.15, 0.2) is 9.59 Å². The molecule has 1 atom stereocenters. The number of halogens is 2. The Hall–Kier alpha value is -2.62. The number of anilines is 2. The first-order valence-corrected chi connectivity index (χ1v) is 8.06. The van der Waals surface area contributed by atoms with Gasteiger partial charge in [0.2, 0.25) is 0 Å². The van der Waals surface area contributed by atoms with Gasteiger partial charge in [0.15, 0.2) is 11.6 Å². The van der Waals surface area contributed by atoms with Crippen molar-refractivity contribution in [3.05, 3.63) is 32.5 Å². The number of nitrogens with two attached hydrogens (primary N) is 3. The standard InChI is InChI=1S/C15H18F2N6O2/c16-9-11(19)8-12(10(17)13(9)21-4-3-6(18)5-21)22(7-1-2-7)15(25)23(20)14(8)24/h6-7H,1-5,18-20H2. The Labute approximate surface area is 140 Å². The van der Waals surface area contributed by atoms with E-state index in [1.54, 1.807) is 0 Å². The molecule has 134 valence electrons. The summed E-state index contributed by atoms with van der Waals surface area (Å²) in [6.45, 7) is 0.627. The van der Waals surface area contributed by atoms with Gasteiger partial charge >= 0.3 is 5.69 Å². The Morgan fingerprint density at radius 3 is 2.32 bits per heavy atom. The normalized spacial score (nSPS) is 20.6. The molecule has 0 spiro atoms. The van der Waals surface area contributed by atoms with Gasteiger partial charge in [-0.1, -0.05) is 0 Å². The molecule has 1 aromatic carbocycles. The maximum absolute atomic E-state index is 15.3. The monoisotopic (exact) mass is 352 g/mol. The third-order valence-corrected chi connectivity index (χ3v) is 4.91. The fourth-order valence-electron chi connectivity index (χ4n) is 3.48. The van der Waals surface area contributed by atoms with Crippen LogP contribution in [0, 0.1) is 11.6 Å². The second-order valence-electron chi connectivity index (χ2n) is 6.67. The number of nitrogen functional groups attached to an aromatic ring is 2. The molecular weight excluding hydrogens is 334 g/mol. The maximum atomic E-state index is 15.3. The lowest BCUT2D eigenvalue weighted by molar-refractivity contribution is 0.571. The van der Waals surface area contributed by atoms with Crippen LogP contribution in [0.4, 0.5) is 20.2 Å². The summed E-state index contributed by atoms with van der Waals surface area (Å²) in [7, 11) is 0. The molecular formula is C15H18F2N6O2. The third-order valence-electron chi connectivity index (χ3n) is 4.91. The largest absolute Gasteiger partial charge is 0.396 e. The van der Waals surface area contributed by atoms with E-state index in [0.29, 0.717) is 30.5 Å². The molecule has 4 rings (SSSR count). The van der Waals surface area contributed by atoms with Crippen LogP contribution in [0.1, 0.15) is 25.3 Å². The van der Waals surface area contributed by atoms with Gasteiger partial charge in [0.25, 0.3) is 5.56 Å². The van der Waals surface area contributed by atoms with Gasteiger partial charge in [0, 0.05) is 25.2 Å². The van der Waals surface area contributed by atoms with E-state index in [-0.39, 0.29) is 29.8 Å². The molecule has 2 heterocycles. The van der Waals surface area contributed by atoms with E-state index in [2.05, 4.69) is 0 Å². The Morgan fingerprint density at radius 1 is 1.08 bits per heavy atom. The molecule has 6 N–H and O–H groups in total.